The summed E-state index contributed by atoms with van der Waals surface area (Å²) in [5, 5.41) is 18.6. The SMILES string of the molecule is O=C(O)c1ccc(N(c2ccc(C(=O)O)cc2)c2ccc(-c3cccc(-c4ccccn4)c3)cc2)cc1. The molecule has 6 nitrogen and oxygen atoms in total. The molecule has 0 aliphatic carbocycles. The molecule has 5 rings (SSSR count). The Kier molecular flexibility index (Phi) is 6.46. The maximum absolute atomic E-state index is 11.3. The van der Waals surface area contributed by atoms with E-state index in [0.717, 1.165) is 39.4 Å². The lowest BCUT2D eigenvalue weighted by molar-refractivity contribution is 0.0686. The van der Waals surface area contributed by atoms with Crippen molar-refractivity contribution in [1.82, 2.24) is 4.98 Å². The number of aromatic carboxylic acids is 2. The lowest BCUT2D eigenvalue weighted by Crippen LogP contribution is -2.10. The topological polar surface area (TPSA) is 90.7 Å². The number of carbonyl (C=O) groups is 2. The molecular formula is C31H22N2O4. The second-order valence-electron chi connectivity index (χ2n) is 8.38. The van der Waals surface area contributed by atoms with Crippen molar-refractivity contribution in [3.8, 4) is 22.4 Å². The number of hydrogen-bond acceptors (Lipinski definition) is 4. The van der Waals surface area contributed by atoms with Gasteiger partial charge in [0, 0.05) is 28.8 Å². The number of carboxylic acids is 2. The van der Waals surface area contributed by atoms with Crippen molar-refractivity contribution in [2.45, 2.75) is 0 Å². The van der Waals surface area contributed by atoms with Gasteiger partial charge in [0.15, 0.2) is 0 Å². The summed E-state index contributed by atoms with van der Waals surface area (Å²) in [6.45, 7) is 0. The first kappa shape index (κ1) is 23.5. The van der Waals surface area contributed by atoms with Crippen LogP contribution in [0.2, 0.25) is 0 Å². The predicted molar refractivity (Wildman–Crippen MR) is 144 cm³/mol. The van der Waals surface area contributed by atoms with Crippen LogP contribution in [0.4, 0.5) is 17.1 Å². The lowest BCUT2D eigenvalue weighted by atomic mass is 10.0. The highest BCUT2D eigenvalue weighted by Gasteiger charge is 2.15. The zero-order valence-electron chi connectivity index (χ0n) is 19.7. The van der Waals surface area contributed by atoms with Crippen LogP contribution in [0.5, 0.6) is 0 Å². The quantitative estimate of drug-likeness (QED) is 0.251. The third-order valence-corrected chi connectivity index (χ3v) is 6.03. The van der Waals surface area contributed by atoms with Crippen molar-refractivity contribution in [3.63, 3.8) is 0 Å². The van der Waals surface area contributed by atoms with Crippen molar-refractivity contribution in [1.29, 1.82) is 0 Å². The summed E-state index contributed by atoms with van der Waals surface area (Å²) in [7, 11) is 0. The number of aromatic nitrogens is 1. The van der Waals surface area contributed by atoms with Crippen LogP contribution in [-0.2, 0) is 0 Å². The molecule has 4 aromatic carbocycles. The van der Waals surface area contributed by atoms with Crippen LogP contribution in [-0.4, -0.2) is 27.1 Å². The van der Waals surface area contributed by atoms with Gasteiger partial charge in [0.05, 0.1) is 16.8 Å². The van der Waals surface area contributed by atoms with Crippen molar-refractivity contribution in [3.05, 3.63) is 133 Å². The Morgan fingerprint density at radius 1 is 0.541 bits per heavy atom. The smallest absolute Gasteiger partial charge is 0.335 e. The molecular weight excluding hydrogens is 464 g/mol. The van der Waals surface area contributed by atoms with E-state index in [1.165, 1.54) is 0 Å². The Morgan fingerprint density at radius 3 is 1.54 bits per heavy atom. The summed E-state index contributed by atoms with van der Waals surface area (Å²) in [5.41, 5.74) is 6.73. The highest BCUT2D eigenvalue weighted by Crippen LogP contribution is 2.36. The first-order valence-corrected chi connectivity index (χ1v) is 11.6. The van der Waals surface area contributed by atoms with E-state index in [4.69, 9.17) is 0 Å². The van der Waals surface area contributed by atoms with Crippen LogP contribution in [0.15, 0.2) is 121 Å². The molecule has 6 heteroatoms. The molecule has 0 aliphatic heterocycles. The summed E-state index contributed by atoms with van der Waals surface area (Å²) >= 11 is 0. The zero-order valence-corrected chi connectivity index (χ0v) is 19.7. The molecule has 180 valence electrons. The number of nitrogens with zero attached hydrogens (tertiary/aromatic N) is 2. The number of benzene rings is 4. The number of rotatable bonds is 7. The molecule has 1 heterocycles. The summed E-state index contributed by atoms with van der Waals surface area (Å²) < 4.78 is 0. The predicted octanol–water partition coefficient (Wildman–Crippen LogP) is 7.28. The molecule has 0 atom stereocenters. The summed E-state index contributed by atoms with van der Waals surface area (Å²) in [5.74, 6) is -2.00. The Labute approximate surface area is 213 Å². The van der Waals surface area contributed by atoms with E-state index < -0.39 is 11.9 Å². The molecule has 0 saturated carbocycles. The third-order valence-electron chi connectivity index (χ3n) is 6.03. The fourth-order valence-electron chi connectivity index (χ4n) is 4.15. The zero-order chi connectivity index (χ0) is 25.8. The molecule has 0 aliphatic rings. The number of anilines is 3. The summed E-state index contributed by atoms with van der Waals surface area (Å²) in [6.07, 6.45) is 1.78. The van der Waals surface area contributed by atoms with Gasteiger partial charge in [-0.25, -0.2) is 9.59 Å². The molecule has 37 heavy (non-hydrogen) atoms. The monoisotopic (exact) mass is 486 g/mol. The number of pyridine rings is 1. The lowest BCUT2D eigenvalue weighted by Gasteiger charge is -2.26. The van der Waals surface area contributed by atoms with Gasteiger partial charge in [0.1, 0.15) is 0 Å². The average molecular weight is 487 g/mol. The Balaban J connectivity index is 1.52. The molecule has 0 unspecified atom stereocenters. The van der Waals surface area contributed by atoms with Crippen LogP contribution >= 0.6 is 0 Å². The van der Waals surface area contributed by atoms with Crippen molar-refractivity contribution < 1.29 is 19.8 Å². The maximum Gasteiger partial charge on any atom is 0.335 e. The van der Waals surface area contributed by atoms with Gasteiger partial charge in [0.2, 0.25) is 0 Å². The Bertz CT molecular complexity index is 1490. The normalized spacial score (nSPS) is 10.6. The van der Waals surface area contributed by atoms with E-state index in [2.05, 4.69) is 17.1 Å². The van der Waals surface area contributed by atoms with Gasteiger partial charge in [-0.05, 0) is 90.0 Å². The van der Waals surface area contributed by atoms with Gasteiger partial charge in [-0.1, -0.05) is 36.4 Å². The molecule has 2 N–H and O–H groups in total. The van der Waals surface area contributed by atoms with Gasteiger partial charge in [-0.3, -0.25) is 4.98 Å². The fraction of sp³-hybridized carbons (Fsp3) is 0. The van der Waals surface area contributed by atoms with Crippen molar-refractivity contribution in [2.75, 3.05) is 4.90 Å². The molecule has 0 amide bonds. The van der Waals surface area contributed by atoms with E-state index in [9.17, 15) is 19.8 Å². The van der Waals surface area contributed by atoms with Gasteiger partial charge < -0.3 is 15.1 Å². The molecule has 0 saturated heterocycles. The van der Waals surface area contributed by atoms with E-state index >= 15 is 0 Å². The van der Waals surface area contributed by atoms with Gasteiger partial charge in [-0.2, -0.15) is 0 Å². The van der Waals surface area contributed by atoms with E-state index in [0.29, 0.717) is 0 Å². The van der Waals surface area contributed by atoms with Crippen LogP contribution in [0.25, 0.3) is 22.4 Å². The molecule has 0 bridgehead atoms. The highest BCUT2D eigenvalue weighted by molar-refractivity contribution is 5.90. The minimum absolute atomic E-state index is 0.188. The number of carboxylic acid groups (broad SMARTS) is 2. The maximum atomic E-state index is 11.3. The Hall–Kier alpha value is -5.23. The number of hydrogen-bond donors (Lipinski definition) is 2. The Morgan fingerprint density at radius 2 is 1.05 bits per heavy atom. The van der Waals surface area contributed by atoms with E-state index in [1.807, 2.05) is 59.5 Å². The minimum Gasteiger partial charge on any atom is -0.478 e. The van der Waals surface area contributed by atoms with Crippen LogP contribution < -0.4 is 4.90 Å². The van der Waals surface area contributed by atoms with Crippen molar-refractivity contribution in [2.24, 2.45) is 0 Å². The molecule has 0 spiro atoms. The van der Waals surface area contributed by atoms with Gasteiger partial charge >= 0.3 is 11.9 Å². The second kappa shape index (κ2) is 10.2. The van der Waals surface area contributed by atoms with E-state index in [1.54, 1.807) is 54.7 Å². The van der Waals surface area contributed by atoms with Crippen LogP contribution in [0, 0.1) is 0 Å². The standard InChI is InChI=1S/C31H22N2O4/c34-30(35)22-9-15-27(16-10-22)33(28-17-11-23(12-18-28)31(36)37)26-13-7-21(8-14-26)24-4-3-5-25(20-24)29-6-1-2-19-32-29/h1-20H,(H,34,35)(H,36,37). The summed E-state index contributed by atoms with van der Waals surface area (Å²) in [4.78, 5) is 29.1. The molecule has 5 aromatic rings. The highest BCUT2D eigenvalue weighted by atomic mass is 16.4. The first-order valence-electron chi connectivity index (χ1n) is 11.6. The first-order chi connectivity index (χ1) is 18.0. The van der Waals surface area contributed by atoms with Gasteiger partial charge in [0.25, 0.3) is 0 Å². The molecule has 1 aromatic heterocycles. The average Bonchev–Trinajstić information content (AvgIpc) is 2.95. The minimum atomic E-state index is -0.999. The van der Waals surface area contributed by atoms with E-state index in [-0.39, 0.29) is 11.1 Å². The van der Waals surface area contributed by atoms with Crippen LogP contribution in [0.3, 0.4) is 0 Å². The van der Waals surface area contributed by atoms with Crippen molar-refractivity contribution >= 4 is 29.0 Å². The van der Waals surface area contributed by atoms with Crippen LogP contribution in [0.1, 0.15) is 20.7 Å². The summed E-state index contributed by atoms with van der Waals surface area (Å²) in [6, 6.07) is 35.2. The second-order valence-corrected chi connectivity index (χ2v) is 8.38. The third kappa shape index (κ3) is 5.09. The van der Waals surface area contributed by atoms with Gasteiger partial charge in [-0.15, -0.1) is 0 Å². The fourth-order valence-corrected chi connectivity index (χ4v) is 4.15. The molecule has 0 fully saturated rings. The molecule has 0 radical (unpaired) electrons. The largest absolute Gasteiger partial charge is 0.478 e.